The van der Waals surface area contributed by atoms with Gasteiger partial charge in [0, 0.05) is 12.8 Å². The Labute approximate surface area is 99.4 Å². The minimum atomic E-state index is 0.302. The zero-order valence-corrected chi connectivity index (χ0v) is 9.81. The lowest BCUT2D eigenvalue weighted by Gasteiger charge is -2.02. The third-order valence-electron chi connectivity index (χ3n) is 2.60. The molecule has 1 aliphatic rings. The number of rotatable bonds is 4. The molecular formula is C12H12Cl2O. The highest BCUT2D eigenvalue weighted by atomic mass is 35.5. The molecule has 0 bridgehead atoms. The van der Waals surface area contributed by atoms with Crippen LogP contribution in [0.1, 0.15) is 24.8 Å². The number of Topliss-reactive ketones (excluding diaryl/α,β-unsaturated/α-hetero) is 1. The van der Waals surface area contributed by atoms with Crippen LogP contribution < -0.4 is 0 Å². The molecule has 0 saturated heterocycles. The number of carbonyl (C=O) groups excluding carboxylic acids is 1. The van der Waals surface area contributed by atoms with E-state index in [9.17, 15) is 4.79 Å². The van der Waals surface area contributed by atoms with E-state index in [1.54, 1.807) is 12.1 Å². The summed E-state index contributed by atoms with van der Waals surface area (Å²) in [5.74, 6) is 0.955. The molecule has 0 spiro atoms. The first kappa shape index (κ1) is 11.0. The van der Waals surface area contributed by atoms with Crippen LogP contribution in [-0.4, -0.2) is 5.78 Å². The predicted octanol–water partition coefficient (Wildman–Crippen LogP) is 3.91. The second kappa shape index (κ2) is 4.54. The maximum atomic E-state index is 11.6. The first-order chi connectivity index (χ1) is 7.15. The predicted molar refractivity (Wildman–Crippen MR) is 62.5 cm³/mol. The summed E-state index contributed by atoms with van der Waals surface area (Å²) >= 11 is 11.7. The topological polar surface area (TPSA) is 17.1 Å². The van der Waals surface area contributed by atoms with Crippen LogP contribution in [0.3, 0.4) is 0 Å². The van der Waals surface area contributed by atoms with Crippen LogP contribution in [0.2, 0.25) is 10.0 Å². The van der Waals surface area contributed by atoms with Crippen molar-refractivity contribution < 1.29 is 4.79 Å². The van der Waals surface area contributed by atoms with E-state index >= 15 is 0 Å². The fourth-order valence-electron chi connectivity index (χ4n) is 1.59. The van der Waals surface area contributed by atoms with Gasteiger partial charge in [-0.15, -0.1) is 0 Å². The summed E-state index contributed by atoms with van der Waals surface area (Å²) in [6, 6.07) is 5.37. The molecule has 1 aromatic carbocycles. The van der Waals surface area contributed by atoms with Crippen molar-refractivity contribution in [1.29, 1.82) is 0 Å². The molecular weight excluding hydrogens is 231 g/mol. The Kier molecular flexibility index (Phi) is 3.32. The average Bonchev–Trinajstić information content (AvgIpc) is 2.95. The van der Waals surface area contributed by atoms with Gasteiger partial charge in [-0.25, -0.2) is 0 Å². The van der Waals surface area contributed by atoms with Gasteiger partial charge in [0.25, 0.3) is 0 Å². The molecule has 1 aliphatic carbocycles. The van der Waals surface area contributed by atoms with E-state index in [4.69, 9.17) is 23.2 Å². The lowest BCUT2D eigenvalue weighted by Crippen LogP contribution is -2.03. The van der Waals surface area contributed by atoms with Gasteiger partial charge in [0.2, 0.25) is 0 Å². The number of benzene rings is 1. The molecule has 0 heterocycles. The monoisotopic (exact) mass is 242 g/mol. The third kappa shape index (κ3) is 3.22. The summed E-state index contributed by atoms with van der Waals surface area (Å²) in [5.41, 5.74) is 0.954. The maximum Gasteiger partial charge on any atom is 0.137 e. The van der Waals surface area contributed by atoms with Gasteiger partial charge in [-0.3, -0.25) is 4.79 Å². The lowest BCUT2D eigenvalue weighted by atomic mass is 10.1. The highest BCUT2D eigenvalue weighted by Crippen LogP contribution is 2.33. The Morgan fingerprint density at radius 1 is 1.27 bits per heavy atom. The molecule has 0 unspecified atom stereocenters. The van der Waals surface area contributed by atoms with Gasteiger partial charge >= 0.3 is 0 Å². The molecule has 0 N–H and O–H groups in total. The molecule has 1 aromatic rings. The van der Waals surface area contributed by atoms with Crippen LogP contribution in [-0.2, 0) is 11.2 Å². The highest BCUT2D eigenvalue weighted by molar-refractivity contribution is 6.42. The van der Waals surface area contributed by atoms with Gasteiger partial charge in [-0.05, 0) is 36.5 Å². The minimum Gasteiger partial charge on any atom is -0.299 e. The second-order valence-electron chi connectivity index (χ2n) is 4.11. The highest BCUT2D eigenvalue weighted by Gasteiger charge is 2.24. The number of halogens is 2. The molecule has 2 rings (SSSR count). The number of hydrogen-bond acceptors (Lipinski definition) is 1. The molecule has 0 radical (unpaired) electrons. The summed E-state index contributed by atoms with van der Waals surface area (Å²) in [6.07, 6.45) is 3.63. The summed E-state index contributed by atoms with van der Waals surface area (Å²) in [4.78, 5) is 11.6. The van der Waals surface area contributed by atoms with Crippen LogP contribution in [0, 0.1) is 5.92 Å². The van der Waals surface area contributed by atoms with E-state index in [0.29, 0.717) is 28.2 Å². The van der Waals surface area contributed by atoms with Crippen molar-refractivity contribution in [3.8, 4) is 0 Å². The van der Waals surface area contributed by atoms with Crippen LogP contribution in [0.5, 0.6) is 0 Å². The van der Waals surface area contributed by atoms with E-state index in [2.05, 4.69) is 0 Å². The number of ketones is 1. The van der Waals surface area contributed by atoms with Gasteiger partial charge in [-0.2, -0.15) is 0 Å². The SMILES string of the molecule is O=C(Cc1ccc(Cl)c(Cl)c1)CC1CC1. The smallest absolute Gasteiger partial charge is 0.137 e. The van der Waals surface area contributed by atoms with Crippen LogP contribution in [0.25, 0.3) is 0 Å². The van der Waals surface area contributed by atoms with Crippen molar-refractivity contribution in [2.75, 3.05) is 0 Å². The van der Waals surface area contributed by atoms with E-state index in [1.807, 2.05) is 6.07 Å². The fraction of sp³-hybridized carbons (Fsp3) is 0.417. The van der Waals surface area contributed by atoms with Gasteiger partial charge in [0.1, 0.15) is 5.78 Å². The number of carbonyl (C=O) groups is 1. The van der Waals surface area contributed by atoms with Gasteiger partial charge in [0.15, 0.2) is 0 Å². The first-order valence-electron chi connectivity index (χ1n) is 5.11. The van der Waals surface area contributed by atoms with E-state index in [-0.39, 0.29) is 0 Å². The van der Waals surface area contributed by atoms with Crippen molar-refractivity contribution in [3.63, 3.8) is 0 Å². The molecule has 3 heteroatoms. The number of hydrogen-bond donors (Lipinski definition) is 0. The molecule has 80 valence electrons. The van der Waals surface area contributed by atoms with E-state index in [1.165, 1.54) is 12.8 Å². The zero-order chi connectivity index (χ0) is 10.8. The molecule has 1 fully saturated rings. The Morgan fingerprint density at radius 3 is 2.60 bits per heavy atom. The van der Waals surface area contributed by atoms with E-state index in [0.717, 1.165) is 12.0 Å². The van der Waals surface area contributed by atoms with Crippen LogP contribution in [0.15, 0.2) is 18.2 Å². The van der Waals surface area contributed by atoms with Gasteiger partial charge in [0.05, 0.1) is 10.0 Å². The van der Waals surface area contributed by atoms with Crippen molar-refractivity contribution in [2.45, 2.75) is 25.7 Å². The Hall–Kier alpha value is -0.530. The quantitative estimate of drug-likeness (QED) is 0.783. The van der Waals surface area contributed by atoms with Crippen molar-refractivity contribution in [3.05, 3.63) is 33.8 Å². The van der Waals surface area contributed by atoms with E-state index < -0.39 is 0 Å². The lowest BCUT2D eigenvalue weighted by molar-refractivity contribution is -0.118. The molecule has 0 atom stereocenters. The fourth-order valence-corrected chi connectivity index (χ4v) is 1.91. The summed E-state index contributed by atoms with van der Waals surface area (Å²) in [6.45, 7) is 0. The summed E-state index contributed by atoms with van der Waals surface area (Å²) in [5, 5.41) is 1.06. The molecule has 0 aromatic heterocycles. The maximum absolute atomic E-state index is 11.6. The zero-order valence-electron chi connectivity index (χ0n) is 8.30. The first-order valence-corrected chi connectivity index (χ1v) is 5.86. The average molecular weight is 243 g/mol. The van der Waals surface area contributed by atoms with Crippen molar-refractivity contribution in [1.82, 2.24) is 0 Å². The third-order valence-corrected chi connectivity index (χ3v) is 3.34. The van der Waals surface area contributed by atoms with Gasteiger partial charge in [-0.1, -0.05) is 29.3 Å². The Bertz CT molecular complexity index is 383. The normalized spacial score (nSPS) is 15.3. The molecule has 1 nitrogen and oxygen atoms in total. The van der Waals surface area contributed by atoms with Crippen LogP contribution in [0.4, 0.5) is 0 Å². The molecule has 0 amide bonds. The molecule has 15 heavy (non-hydrogen) atoms. The largest absolute Gasteiger partial charge is 0.299 e. The van der Waals surface area contributed by atoms with Crippen LogP contribution >= 0.6 is 23.2 Å². The van der Waals surface area contributed by atoms with Crippen molar-refractivity contribution in [2.24, 2.45) is 5.92 Å². The second-order valence-corrected chi connectivity index (χ2v) is 4.93. The molecule has 1 saturated carbocycles. The Balaban J connectivity index is 1.97. The minimum absolute atomic E-state index is 0.302. The molecule has 0 aliphatic heterocycles. The standard InChI is InChI=1S/C12H12Cl2O/c13-11-4-3-9(7-12(11)14)6-10(15)5-8-1-2-8/h3-4,7-8H,1-2,5-6H2. The van der Waals surface area contributed by atoms with Gasteiger partial charge < -0.3 is 0 Å². The summed E-state index contributed by atoms with van der Waals surface area (Å²) < 4.78 is 0. The van der Waals surface area contributed by atoms with Crippen molar-refractivity contribution >= 4 is 29.0 Å². The summed E-state index contributed by atoms with van der Waals surface area (Å²) in [7, 11) is 0. The Morgan fingerprint density at radius 2 is 2.00 bits per heavy atom.